The van der Waals surface area contributed by atoms with Crippen molar-refractivity contribution in [1.29, 1.82) is 0 Å². The summed E-state index contributed by atoms with van der Waals surface area (Å²) in [6, 6.07) is -0.379. The summed E-state index contributed by atoms with van der Waals surface area (Å²) >= 11 is 0. The quantitative estimate of drug-likeness (QED) is 0.672. The number of carbonyl (C=O) groups excluding carboxylic acids is 2. The monoisotopic (exact) mass is 258 g/mol. The van der Waals surface area contributed by atoms with Crippen LogP contribution in [0.15, 0.2) is 0 Å². The molecule has 1 fully saturated rings. The van der Waals surface area contributed by atoms with Crippen LogP contribution in [0, 0.1) is 5.92 Å². The Morgan fingerprint density at radius 2 is 1.94 bits per heavy atom. The maximum Gasteiger partial charge on any atom is 0.407 e. The van der Waals surface area contributed by atoms with Gasteiger partial charge < -0.3 is 20.9 Å². The van der Waals surface area contributed by atoms with Crippen LogP contribution in [0.25, 0.3) is 0 Å². The number of aliphatic hydroxyl groups is 1. The summed E-state index contributed by atoms with van der Waals surface area (Å²) in [5.74, 6) is -0.707. The summed E-state index contributed by atoms with van der Waals surface area (Å²) in [6.07, 6.45) is 0.0734. The Labute approximate surface area is 107 Å². The van der Waals surface area contributed by atoms with Crippen LogP contribution in [0.4, 0.5) is 4.79 Å². The number of nitrogens with one attached hydrogen (secondary N) is 1. The van der Waals surface area contributed by atoms with Gasteiger partial charge in [0.15, 0.2) is 0 Å². The molecule has 0 bridgehead atoms. The fourth-order valence-electron chi connectivity index (χ4n) is 2.03. The van der Waals surface area contributed by atoms with E-state index in [1.165, 1.54) is 0 Å². The molecule has 104 valence electrons. The van der Waals surface area contributed by atoms with Gasteiger partial charge in [0.1, 0.15) is 5.60 Å². The number of hydrogen-bond acceptors (Lipinski definition) is 4. The number of nitrogens with two attached hydrogens (primary N) is 1. The molecule has 1 saturated carbocycles. The number of ether oxygens (including phenoxy) is 1. The lowest BCUT2D eigenvalue weighted by molar-refractivity contribution is -0.124. The molecule has 4 N–H and O–H groups in total. The number of rotatable bonds is 2. The zero-order chi connectivity index (χ0) is 13.9. The second-order valence-electron chi connectivity index (χ2n) is 5.73. The van der Waals surface area contributed by atoms with Crippen LogP contribution in [0.3, 0.4) is 0 Å². The average molecular weight is 258 g/mol. The van der Waals surface area contributed by atoms with E-state index in [4.69, 9.17) is 10.5 Å². The van der Waals surface area contributed by atoms with Crippen molar-refractivity contribution in [3.8, 4) is 0 Å². The van der Waals surface area contributed by atoms with Crippen LogP contribution in [0.5, 0.6) is 0 Å². The van der Waals surface area contributed by atoms with E-state index >= 15 is 0 Å². The van der Waals surface area contributed by atoms with E-state index in [1.807, 2.05) is 0 Å². The van der Waals surface area contributed by atoms with Crippen LogP contribution in [0.1, 0.15) is 40.0 Å². The fourth-order valence-corrected chi connectivity index (χ4v) is 2.03. The number of hydrogen-bond donors (Lipinski definition) is 3. The van der Waals surface area contributed by atoms with Crippen LogP contribution in [-0.2, 0) is 9.53 Å². The third-order valence-corrected chi connectivity index (χ3v) is 2.92. The summed E-state index contributed by atoms with van der Waals surface area (Å²) < 4.78 is 5.11. The molecule has 1 rings (SSSR count). The van der Waals surface area contributed by atoms with Crippen LogP contribution in [0.2, 0.25) is 0 Å². The van der Waals surface area contributed by atoms with Crippen LogP contribution >= 0.6 is 0 Å². The summed E-state index contributed by atoms with van der Waals surface area (Å²) in [5.41, 5.74) is 4.63. The van der Waals surface area contributed by atoms with E-state index in [-0.39, 0.29) is 18.4 Å². The molecule has 3 unspecified atom stereocenters. The molecule has 0 saturated heterocycles. The number of amides is 2. The van der Waals surface area contributed by atoms with Crippen LogP contribution in [-0.4, -0.2) is 34.9 Å². The topological polar surface area (TPSA) is 102 Å². The Bertz CT molecular complexity index is 325. The van der Waals surface area contributed by atoms with E-state index in [9.17, 15) is 14.7 Å². The lowest BCUT2D eigenvalue weighted by Gasteiger charge is -2.32. The smallest absolute Gasteiger partial charge is 0.407 e. The third-order valence-electron chi connectivity index (χ3n) is 2.92. The molecule has 3 atom stereocenters. The highest BCUT2D eigenvalue weighted by molar-refractivity contribution is 5.76. The molecular formula is C12H22N2O4. The maximum atomic E-state index is 11.6. The summed E-state index contributed by atoms with van der Waals surface area (Å²) in [4.78, 5) is 22.6. The minimum Gasteiger partial charge on any atom is -0.444 e. The van der Waals surface area contributed by atoms with E-state index in [0.29, 0.717) is 12.8 Å². The first kappa shape index (κ1) is 14.8. The molecule has 6 heteroatoms. The van der Waals surface area contributed by atoms with Crippen molar-refractivity contribution in [3.63, 3.8) is 0 Å². The van der Waals surface area contributed by atoms with E-state index in [1.54, 1.807) is 20.8 Å². The first-order valence-corrected chi connectivity index (χ1v) is 6.16. The maximum absolute atomic E-state index is 11.6. The number of alkyl carbamates (subject to hydrolysis) is 1. The second kappa shape index (κ2) is 5.56. The minimum atomic E-state index is -0.760. The van der Waals surface area contributed by atoms with Gasteiger partial charge in [0.05, 0.1) is 12.1 Å². The molecule has 2 amide bonds. The van der Waals surface area contributed by atoms with Gasteiger partial charge in [0, 0.05) is 5.92 Å². The first-order chi connectivity index (χ1) is 8.19. The van der Waals surface area contributed by atoms with Gasteiger partial charge in [0.25, 0.3) is 0 Å². The molecule has 0 radical (unpaired) electrons. The normalized spacial score (nSPS) is 28.6. The van der Waals surface area contributed by atoms with Gasteiger partial charge in [-0.15, -0.1) is 0 Å². The highest BCUT2D eigenvalue weighted by Gasteiger charge is 2.33. The van der Waals surface area contributed by atoms with Gasteiger partial charge >= 0.3 is 6.09 Å². The van der Waals surface area contributed by atoms with Gasteiger partial charge in [-0.1, -0.05) is 0 Å². The predicted octanol–water partition coefficient (Wildman–Crippen LogP) is 0.526. The van der Waals surface area contributed by atoms with E-state index < -0.39 is 23.7 Å². The molecule has 1 aliphatic rings. The Kier molecular flexibility index (Phi) is 4.56. The van der Waals surface area contributed by atoms with Gasteiger partial charge in [0.2, 0.25) is 5.91 Å². The summed E-state index contributed by atoms with van der Waals surface area (Å²) in [6.45, 7) is 5.31. The molecule has 0 aliphatic heterocycles. The summed E-state index contributed by atoms with van der Waals surface area (Å²) in [5, 5.41) is 12.5. The number of aliphatic hydroxyl groups excluding tert-OH is 1. The standard InChI is InChI=1S/C12H22N2O4/c1-12(2,3)18-11(17)14-8-5-4-7(10(13)16)6-9(8)15/h7-9,15H,4-6H2,1-3H3,(H2,13,16)(H,14,17). The average Bonchev–Trinajstić information content (AvgIpc) is 2.17. The van der Waals surface area contributed by atoms with E-state index in [0.717, 1.165) is 0 Å². The van der Waals surface area contributed by atoms with Gasteiger partial charge in [-0.2, -0.15) is 0 Å². The van der Waals surface area contributed by atoms with Crippen molar-refractivity contribution in [1.82, 2.24) is 5.32 Å². The van der Waals surface area contributed by atoms with E-state index in [2.05, 4.69) is 5.32 Å². The van der Waals surface area contributed by atoms with Crippen molar-refractivity contribution in [3.05, 3.63) is 0 Å². The molecule has 0 spiro atoms. The van der Waals surface area contributed by atoms with Crippen molar-refractivity contribution in [2.75, 3.05) is 0 Å². The minimum absolute atomic E-state index is 0.287. The highest BCUT2D eigenvalue weighted by Crippen LogP contribution is 2.24. The first-order valence-electron chi connectivity index (χ1n) is 6.16. The molecule has 1 aliphatic carbocycles. The van der Waals surface area contributed by atoms with Crippen molar-refractivity contribution < 1.29 is 19.4 Å². The molecule has 0 aromatic heterocycles. The fraction of sp³-hybridized carbons (Fsp3) is 0.833. The lowest BCUT2D eigenvalue weighted by Crippen LogP contribution is -2.49. The molecule has 0 heterocycles. The Hall–Kier alpha value is -1.30. The molecular weight excluding hydrogens is 236 g/mol. The van der Waals surface area contributed by atoms with Crippen molar-refractivity contribution in [2.24, 2.45) is 11.7 Å². The molecule has 6 nitrogen and oxygen atoms in total. The largest absolute Gasteiger partial charge is 0.444 e. The van der Waals surface area contributed by atoms with Crippen LogP contribution < -0.4 is 11.1 Å². The van der Waals surface area contributed by atoms with Gasteiger partial charge in [-0.25, -0.2) is 4.79 Å². The Balaban J connectivity index is 2.45. The third kappa shape index (κ3) is 4.52. The van der Waals surface area contributed by atoms with Gasteiger partial charge in [-0.3, -0.25) is 4.79 Å². The number of primary amides is 1. The zero-order valence-electron chi connectivity index (χ0n) is 11.1. The SMILES string of the molecule is CC(C)(C)OC(=O)NC1CCC(C(N)=O)CC1O. The highest BCUT2D eigenvalue weighted by atomic mass is 16.6. The Morgan fingerprint density at radius 3 is 2.39 bits per heavy atom. The summed E-state index contributed by atoms with van der Waals surface area (Å²) in [7, 11) is 0. The van der Waals surface area contributed by atoms with Gasteiger partial charge in [-0.05, 0) is 40.0 Å². The zero-order valence-corrected chi connectivity index (χ0v) is 11.1. The number of carbonyl (C=O) groups is 2. The molecule has 0 aromatic rings. The van der Waals surface area contributed by atoms with Crippen molar-refractivity contribution in [2.45, 2.75) is 57.8 Å². The Morgan fingerprint density at radius 1 is 1.33 bits per heavy atom. The van der Waals surface area contributed by atoms with Crippen molar-refractivity contribution >= 4 is 12.0 Å². The second-order valence-corrected chi connectivity index (χ2v) is 5.73. The predicted molar refractivity (Wildman–Crippen MR) is 65.7 cm³/mol. The molecule has 0 aromatic carbocycles. The lowest BCUT2D eigenvalue weighted by atomic mass is 9.83. The molecule has 18 heavy (non-hydrogen) atoms.